The fourth-order valence-corrected chi connectivity index (χ4v) is 2.56. The number of morpholine rings is 1. The van der Waals surface area contributed by atoms with Crippen molar-refractivity contribution in [3.8, 4) is 0 Å². The molecule has 0 bridgehead atoms. The molecule has 0 aromatic rings. The van der Waals surface area contributed by atoms with E-state index in [0.29, 0.717) is 5.54 Å². The topological polar surface area (TPSA) is 24.5 Å². The van der Waals surface area contributed by atoms with E-state index in [9.17, 15) is 0 Å². The number of rotatable bonds is 2. The normalized spacial score (nSPS) is 36.7. The molecule has 0 aliphatic carbocycles. The number of nitrogens with one attached hydrogen (secondary N) is 1. The highest BCUT2D eigenvalue weighted by Crippen LogP contribution is 2.27. The minimum Gasteiger partial charge on any atom is -0.379 e. The van der Waals surface area contributed by atoms with Crippen LogP contribution < -0.4 is 5.32 Å². The van der Waals surface area contributed by atoms with Crippen LogP contribution in [0, 0.1) is 0 Å². The average Bonchev–Trinajstić information content (AvgIpc) is 2.69. The standard InChI is InChI=1S/C10H20N2O/c1-2-10(3-4-11-9-10)12-5-7-13-8-6-12/h11H,2-9H2,1H3/t10-/m0/s1. The van der Waals surface area contributed by atoms with Crippen LogP contribution >= 0.6 is 0 Å². The number of nitrogens with zero attached hydrogens (tertiary/aromatic N) is 1. The van der Waals surface area contributed by atoms with Crippen LogP contribution in [0.1, 0.15) is 19.8 Å². The van der Waals surface area contributed by atoms with Gasteiger partial charge < -0.3 is 10.1 Å². The quantitative estimate of drug-likeness (QED) is 0.675. The monoisotopic (exact) mass is 184 g/mol. The highest BCUT2D eigenvalue weighted by molar-refractivity contribution is 4.97. The molecule has 1 atom stereocenters. The zero-order valence-electron chi connectivity index (χ0n) is 8.51. The Morgan fingerprint density at radius 3 is 2.69 bits per heavy atom. The zero-order chi connectivity index (χ0) is 9.15. The van der Waals surface area contributed by atoms with Gasteiger partial charge in [-0.25, -0.2) is 0 Å². The summed E-state index contributed by atoms with van der Waals surface area (Å²) in [7, 11) is 0. The van der Waals surface area contributed by atoms with E-state index >= 15 is 0 Å². The summed E-state index contributed by atoms with van der Waals surface area (Å²) in [6.07, 6.45) is 2.57. The van der Waals surface area contributed by atoms with Gasteiger partial charge in [-0.15, -0.1) is 0 Å². The van der Waals surface area contributed by atoms with Crippen molar-refractivity contribution in [3.63, 3.8) is 0 Å². The summed E-state index contributed by atoms with van der Waals surface area (Å²) in [6.45, 7) is 8.74. The molecule has 0 aromatic carbocycles. The van der Waals surface area contributed by atoms with E-state index in [4.69, 9.17) is 4.74 Å². The van der Waals surface area contributed by atoms with Gasteiger partial charge in [0.15, 0.2) is 0 Å². The summed E-state index contributed by atoms with van der Waals surface area (Å²) in [4.78, 5) is 2.62. The third-order valence-electron chi connectivity index (χ3n) is 3.56. The van der Waals surface area contributed by atoms with Crippen molar-refractivity contribution in [2.45, 2.75) is 25.3 Å². The van der Waals surface area contributed by atoms with Crippen LogP contribution in [-0.4, -0.2) is 49.8 Å². The van der Waals surface area contributed by atoms with E-state index < -0.39 is 0 Å². The number of hydrogen-bond donors (Lipinski definition) is 1. The minimum atomic E-state index is 0.448. The molecule has 0 aromatic heterocycles. The lowest BCUT2D eigenvalue weighted by molar-refractivity contribution is -0.0172. The highest BCUT2D eigenvalue weighted by atomic mass is 16.5. The van der Waals surface area contributed by atoms with Gasteiger partial charge in [0.2, 0.25) is 0 Å². The Balaban J connectivity index is 2.01. The molecular weight excluding hydrogens is 164 g/mol. The third-order valence-corrected chi connectivity index (χ3v) is 3.56. The lowest BCUT2D eigenvalue weighted by atomic mass is 9.92. The Morgan fingerprint density at radius 1 is 1.38 bits per heavy atom. The first-order chi connectivity index (χ1) is 6.37. The Bertz CT molecular complexity index is 160. The largest absolute Gasteiger partial charge is 0.379 e. The molecule has 1 N–H and O–H groups in total. The first kappa shape index (κ1) is 9.44. The van der Waals surface area contributed by atoms with E-state index in [1.165, 1.54) is 25.9 Å². The van der Waals surface area contributed by atoms with E-state index in [-0.39, 0.29) is 0 Å². The summed E-state index contributed by atoms with van der Waals surface area (Å²) >= 11 is 0. The van der Waals surface area contributed by atoms with Gasteiger partial charge in [-0.3, -0.25) is 4.90 Å². The number of ether oxygens (including phenoxy) is 1. The van der Waals surface area contributed by atoms with Gasteiger partial charge in [-0.2, -0.15) is 0 Å². The van der Waals surface area contributed by atoms with E-state index in [2.05, 4.69) is 17.1 Å². The van der Waals surface area contributed by atoms with Crippen LogP contribution in [0.15, 0.2) is 0 Å². The smallest absolute Gasteiger partial charge is 0.0594 e. The molecule has 13 heavy (non-hydrogen) atoms. The molecule has 2 rings (SSSR count). The molecule has 3 nitrogen and oxygen atoms in total. The van der Waals surface area contributed by atoms with Crippen molar-refractivity contribution in [2.75, 3.05) is 39.4 Å². The van der Waals surface area contributed by atoms with E-state index in [1.807, 2.05) is 0 Å². The van der Waals surface area contributed by atoms with Crippen molar-refractivity contribution in [1.29, 1.82) is 0 Å². The van der Waals surface area contributed by atoms with E-state index in [1.54, 1.807) is 0 Å². The molecule has 2 saturated heterocycles. The number of hydrogen-bond acceptors (Lipinski definition) is 3. The van der Waals surface area contributed by atoms with E-state index in [0.717, 1.165) is 26.3 Å². The molecule has 0 unspecified atom stereocenters. The Kier molecular flexibility index (Phi) is 2.86. The molecule has 2 heterocycles. The molecule has 3 heteroatoms. The second kappa shape index (κ2) is 3.95. The van der Waals surface area contributed by atoms with Crippen molar-refractivity contribution >= 4 is 0 Å². The van der Waals surface area contributed by atoms with Crippen LogP contribution in [0.3, 0.4) is 0 Å². The SMILES string of the molecule is CC[C@]1(N2CCOCC2)CCNC1. The molecule has 0 amide bonds. The lowest BCUT2D eigenvalue weighted by Crippen LogP contribution is -2.54. The van der Waals surface area contributed by atoms with Crippen LogP contribution in [0.4, 0.5) is 0 Å². The molecule has 76 valence electrons. The van der Waals surface area contributed by atoms with Gasteiger partial charge in [0.1, 0.15) is 0 Å². The average molecular weight is 184 g/mol. The van der Waals surface area contributed by atoms with Gasteiger partial charge >= 0.3 is 0 Å². The summed E-state index contributed by atoms with van der Waals surface area (Å²) in [5, 5.41) is 3.48. The van der Waals surface area contributed by atoms with Crippen LogP contribution in [0.2, 0.25) is 0 Å². The predicted molar refractivity (Wildman–Crippen MR) is 52.9 cm³/mol. The van der Waals surface area contributed by atoms with Gasteiger partial charge in [0, 0.05) is 25.2 Å². The Labute approximate surface area is 80.4 Å². The lowest BCUT2D eigenvalue weighted by Gasteiger charge is -2.42. The maximum atomic E-state index is 5.39. The molecular formula is C10H20N2O. The Morgan fingerprint density at radius 2 is 2.15 bits per heavy atom. The maximum Gasteiger partial charge on any atom is 0.0594 e. The molecule has 2 fully saturated rings. The summed E-state index contributed by atoms with van der Waals surface area (Å²) in [5.74, 6) is 0. The van der Waals surface area contributed by atoms with Gasteiger partial charge in [-0.05, 0) is 19.4 Å². The van der Waals surface area contributed by atoms with Crippen molar-refractivity contribution in [2.24, 2.45) is 0 Å². The first-order valence-corrected chi connectivity index (χ1v) is 5.41. The third kappa shape index (κ3) is 1.73. The predicted octanol–water partition coefficient (Wildman–Crippen LogP) is 0.461. The molecule has 0 radical (unpaired) electrons. The zero-order valence-corrected chi connectivity index (χ0v) is 8.51. The summed E-state index contributed by atoms with van der Waals surface area (Å²) < 4.78 is 5.39. The Hall–Kier alpha value is -0.120. The van der Waals surface area contributed by atoms with Crippen LogP contribution in [0.5, 0.6) is 0 Å². The van der Waals surface area contributed by atoms with Crippen molar-refractivity contribution in [1.82, 2.24) is 10.2 Å². The first-order valence-electron chi connectivity index (χ1n) is 5.41. The minimum absolute atomic E-state index is 0.448. The van der Waals surface area contributed by atoms with Crippen LogP contribution in [-0.2, 0) is 4.74 Å². The van der Waals surface area contributed by atoms with Gasteiger partial charge in [-0.1, -0.05) is 6.92 Å². The molecule has 2 aliphatic rings. The highest BCUT2D eigenvalue weighted by Gasteiger charge is 2.38. The second-order valence-electron chi connectivity index (χ2n) is 4.10. The van der Waals surface area contributed by atoms with Crippen molar-refractivity contribution in [3.05, 3.63) is 0 Å². The van der Waals surface area contributed by atoms with Crippen molar-refractivity contribution < 1.29 is 4.74 Å². The van der Waals surface area contributed by atoms with Crippen LogP contribution in [0.25, 0.3) is 0 Å². The summed E-state index contributed by atoms with van der Waals surface area (Å²) in [5.41, 5.74) is 0.448. The van der Waals surface area contributed by atoms with Gasteiger partial charge in [0.05, 0.1) is 13.2 Å². The molecule has 0 spiro atoms. The molecule has 0 saturated carbocycles. The fraction of sp³-hybridized carbons (Fsp3) is 1.00. The van der Waals surface area contributed by atoms with Gasteiger partial charge in [0.25, 0.3) is 0 Å². The fourth-order valence-electron chi connectivity index (χ4n) is 2.56. The summed E-state index contributed by atoms with van der Waals surface area (Å²) in [6, 6.07) is 0. The molecule has 2 aliphatic heterocycles. The maximum absolute atomic E-state index is 5.39. The second-order valence-corrected chi connectivity index (χ2v) is 4.10.